The van der Waals surface area contributed by atoms with Crippen molar-refractivity contribution >= 4 is 17.4 Å². The van der Waals surface area contributed by atoms with E-state index in [9.17, 15) is 20.0 Å². The average Bonchev–Trinajstić information content (AvgIpc) is 2.54. The van der Waals surface area contributed by atoms with Crippen molar-refractivity contribution in [2.45, 2.75) is 26.8 Å². The summed E-state index contributed by atoms with van der Waals surface area (Å²) < 4.78 is 6.43. The lowest BCUT2D eigenvalue weighted by molar-refractivity contribution is 0.0916. The number of rotatable bonds is 5. The fraction of sp³-hybridized carbons (Fsp3) is 0.278. The van der Waals surface area contributed by atoms with Crippen molar-refractivity contribution in [3.8, 4) is 17.7 Å². The predicted molar refractivity (Wildman–Crippen MR) is 93.5 cm³/mol. The van der Waals surface area contributed by atoms with E-state index in [-0.39, 0.29) is 23.3 Å². The monoisotopic (exact) mass is 360 g/mol. The van der Waals surface area contributed by atoms with Crippen molar-refractivity contribution in [3.63, 3.8) is 0 Å². The Labute approximate surface area is 149 Å². The number of ether oxygens (including phenoxy) is 1. The first-order valence-electron chi connectivity index (χ1n) is 7.57. The van der Waals surface area contributed by atoms with E-state index in [0.717, 1.165) is 4.57 Å². The topological polar surface area (TPSA) is 92.3 Å². The number of nitriles is 1. The second-order valence-electron chi connectivity index (χ2n) is 5.75. The number of aromatic hydroxyl groups is 1. The van der Waals surface area contributed by atoms with Crippen LogP contribution in [0.15, 0.2) is 29.1 Å². The molecular weight excluding hydrogens is 344 g/mol. The van der Waals surface area contributed by atoms with Gasteiger partial charge in [0, 0.05) is 11.1 Å². The highest BCUT2D eigenvalue weighted by Crippen LogP contribution is 2.25. The molecule has 0 saturated carbocycles. The van der Waals surface area contributed by atoms with Crippen molar-refractivity contribution in [1.82, 2.24) is 4.57 Å². The fourth-order valence-electron chi connectivity index (χ4n) is 2.49. The highest BCUT2D eigenvalue weighted by atomic mass is 35.5. The van der Waals surface area contributed by atoms with Crippen LogP contribution in [0.5, 0.6) is 11.6 Å². The molecule has 0 amide bonds. The molecule has 25 heavy (non-hydrogen) atoms. The van der Waals surface area contributed by atoms with E-state index in [4.69, 9.17) is 16.3 Å². The van der Waals surface area contributed by atoms with Gasteiger partial charge in [-0.15, -0.1) is 0 Å². The molecule has 0 aliphatic heterocycles. The van der Waals surface area contributed by atoms with E-state index in [0.29, 0.717) is 10.8 Å². The van der Waals surface area contributed by atoms with Crippen LogP contribution in [0.1, 0.15) is 41.4 Å². The van der Waals surface area contributed by atoms with Gasteiger partial charge in [0.1, 0.15) is 17.4 Å². The van der Waals surface area contributed by atoms with Gasteiger partial charge >= 0.3 is 0 Å². The first-order valence-corrected chi connectivity index (χ1v) is 7.95. The molecule has 0 aliphatic carbocycles. The summed E-state index contributed by atoms with van der Waals surface area (Å²) >= 11 is 5.79. The number of Topliss-reactive ketones (excluding diaryl/α,β-unsaturated/α-hetero) is 1. The van der Waals surface area contributed by atoms with Crippen molar-refractivity contribution in [2.75, 3.05) is 6.61 Å². The van der Waals surface area contributed by atoms with E-state index in [1.807, 2.05) is 6.07 Å². The molecule has 0 radical (unpaired) electrons. The number of ketones is 1. The molecule has 2 aromatic rings. The summed E-state index contributed by atoms with van der Waals surface area (Å²) in [5.74, 6) is -0.551. The van der Waals surface area contributed by atoms with Gasteiger partial charge in [-0.3, -0.25) is 14.2 Å². The molecule has 0 bridgehead atoms. The number of carbonyl (C=O) groups is 1. The molecule has 1 heterocycles. The minimum Gasteiger partial charge on any atom is -0.494 e. The molecule has 130 valence electrons. The standard InChI is InChI=1S/C18H17ClN2O4/c1-10(2)21-17(23)14(8-20)11(3)16(18(21)24)15(22)9-25-13-6-4-12(19)5-7-13/h4-7,10,24H,9H2,1-3H3. The Hall–Kier alpha value is -2.78. The van der Waals surface area contributed by atoms with Crippen LogP contribution in [0.2, 0.25) is 5.02 Å². The highest BCUT2D eigenvalue weighted by molar-refractivity contribution is 6.30. The van der Waals surface area contributed by atoms with Crippen LogP contribution in [0.25, 0.3) is 0 Å². The summed E-state index contributed by atoms with van der Waals surface area (Å²) in [6.07, 6.45) is 0. The van der Waals surface area contributed by atoms with Gasteiger partial charge in [0.2, 0.25) is 11.7 Å². The molecule has 0 aliphatic rings. The van der Waals surface area contributed by atoms with E-state index < -0.39 is 23.3 Å². The zero-order valence-electron chi connectivity index (χ0n) is 14.0. The van der Waals surface area contributed by atoms with Gasteiger partial charge in [-0.25, -0.2) is 0 Å². The minimum absolute atomic E-state index is 0.0844. The number of carbonyl (C=O) groups excluding carboxylic acids is 1. The van der Waals surface area contributed by atoms with Gasteiger partial charge < -0.3 is 9.84 Å². The Kier molecular flexibility index (Phi) is 5.50. The highest BCUT2D eigenvalue weighted by Gasteiger charge is 2.25. The van der Waals surface area contributed by atoms with Gasteiger partial charge in [-0.2, -0.15) is 5.26 Å². The van der Waals surface area contributed by atoms with Gasteiger partial charge in [0.25, 0.3) is 5.56 Å². The molecule has 1 aromatic heterocycles. The number of nitrogens with zero attached hydrogens (tertiary/aromatic N) is 2. The van der Waals surface area contributed by atoms with E-state index >= 15 is 0 Å². The summed E-state index contributed by atoms with van der Waals surface area (Å²) in [6, 6.07) is 7.86. The van der Waals surface area contributed by atoms with Crippen LogP contribution in [0, 0.1) is 18.3 Å². The van der Waals surface area contributed by atoms with Crippen LogP contribution in [0.3, 0.4) is 0 Å². The number of pyridine rings is 1. The van der Waals surface area contributed by atoms with E-state index in [2.05, 4.69) is 0 Å². The maximum atomic E-state index is 12.5. The largest absolute Gasteiger partial charge is 0.494 e. The third-order valence-corrected chi connectivity index (χ3v) is 3.98. The van der Waals surface area contributed by atoms with Crippen LogP contribution >= 0.6 is 11.6 Å². The lowest BCUT2D eigenvalue weighted by Crippen LogP contribution is -2.28. The van der Waals surface area contributed by atoms with Crippen LogP contribution in [-0.4, -0.2) is 22.1 Å². The number of hydrogen-bond acceptors (Lipinski definition) is 5. The Balaban J connectivity index is 2.42. The number of hydrogen-bond donors (Lipinski definition) is 1. The van der Waals surface area contributed by atoms with Crippen molar-refractivity contribution < 1.29 is 14.6 Å². The summed E-state index contributed by atoms with van der Waals surface area (Å²) in [5, 5.41) is 20.2. The lowest BCUT2D eigenvalue weighted by atomic mass is 10.0. The average molecular weight is 361 g/mol. The third kappa shape index (κ3) is 3.67. The Bertz CT molecular complexity index is 909. The molecule has 7 heteroatoms. The maximum absolute atomic E-state index is 12.5. The number of halogens is 1. The first kappa shape index (κ1) is 18.6. The summed E-state index contributed by atoms with van der Waals surface area (Å²) in [6.45, 7) is 4.46. The molecule has 0 fully saturated rings. The molecule has 1 aromatic carbocycles. The fourth-order valence-corrected chi connectivity index (χ4v) is 2.61. The molecule has 6 nitrogen and oxygen atoms in total. The van der Waals surface area contributed by atoms with Gasteiger partial charge in [-0.1, -0.05) is 11.6 Å². The Morgan fingerprint density at radius 3 is 2.48 bits per heavy atom. The third-order valence-electron chi connectivity index (χ3n) is 3.73. The summed E-state index contributed by atoms with van der Waals surface area (Å²) in [5.41, 5.74) is -0.727. The van der Waals surface area contributed by atoms with Crippen LogP contribution in [-0.2, 0) is 0 Å². The first-order chi connectivity index (χ1) is 11.8. The quantitative estimate of drug-likeness (QED) is 0.826. The van der Waals surface area contributed by atoms with Gasteiger partial charge in [-0.05, 0) is 50.6 Å². The Morgan fingerprint density at radius 2 is 1.96 bits per heavy atom. The number of benzene rings is 1. The molecule has 0 spiro atoms. The molecule has 0 unspecified atom stereocenters. The van der Waals surface area contributed by atoms with Crippen molar-refractivity contribution in [3.05, 3.63) is 56.3 Å². The number of aromatic nitrogens is 1. The second kappa shape index (κ2) is 7.41. The van der Waals surface area contributed by atoms with Gasteiger partial charge in [0.15, 0.2) is 6.61 Å². The van der Waals surface area contributed by atoms with Crippen molar-refractivity contribution in [2.24, 2.45) is 0 Å². The SMILES string of the molecule is Cc1c(C(=O)COc2ccc(Cl)cc2)c(O)n(C(C)C)c(=O)c1C#N. The summed E-state index contributed by atoms with van der Waals surface area (Å²) in [4.78, 5) is 24.8. The minimum atomic E-state index is -0.623. The molecule has 2 rings (SSSR count). The normalized spacial score (nSPS) is 10.6. The molecule has 0 saturated heterocycles. The molecular formula is C18H17ClN2O4. The second-order valence-corrected chi connectivity index (χ2v) is 6.18. The van der Waals surface area contributed by atoms with Gasteiger partial charge in [0.05, 0.1) is 5.56 Å². The maximum Gasteiger partial charge on any atom is 0.271 e. The van der Waals surface area contributed by atoms with Crippen LogP contribution in [0.4, 0.5) is 0 Å². The zero-order valence-corrected chi connectivity index (χ0v) is 14.8. The van der Waals surface area contributed by atoms with Crippen LogP contribution < -0.4 is 10.3 Å². The predicted octanol–water partition coefficient (Wildman–Crippen LogP) is 3.23. The lowest BCUT2D eigenvalue weighted by Gasteiger charge is -2.18. The zero-order chi connectivity index (χ0) is 18.7. The van der Waals surface area contributed by atoms with E-state index in [1.165, 1.54) is 6.92 Å². The van der Waals surface area contributed by atoms with E-state index in [1.54, 1.807) is 38.1 Å². The molecule has 1 N–H and O–H groups in total. The molecule has 0 atom stereocenters. The summed E-state index contributed by atoms with van der Waals surface area (Å²) in [7, 11) is 0. The van der Waals surface area contributed by atoms with Crippen molar-refractivity contribution in [1.29, 1.82) is 5.26 Å². The Morgan fingerprint density at radius 1 is 1.36 bits per heavy atom. The smallest absolute Gasteiger partial charge is 0.271 e.